The predicted molar refractivity (Wildman–Crippen MR) is 113 cm³/mol. The molecule has 1 aromatic heterocycles. The summed E-state index contributed by atoms with van der Waals surface area (Å²) in [5.74, 6) is -0.271. The number of amides is 2. The fourth-order valence-corrected chi connectivity index (χ4v) is 4.24. The average molecular weight is 474 g/mol. The Morgan fingerprint density at radius 2 is 1.93 bits per heavy atom. The topological polar surface area (TPSA) is 69.6 Å². The number of thiophene rings is 1. The Hall–Kier alpha value is -1.57. The van der Waals surface area contributed by atoms with E-state index in [1.807, 2.05) is 51.1 Å². The molecule has 0 bridgehead atoms. The number of hydrogen-bond donors (Lipinski definition) is 2. The van der Waals surface area contributed by atoms with Crippen LogP contribution in [0.2, 0.25) is 4.34 Å². The maximum atomic E-state index is 12.7. The van der Waals surface area contributed by atoms with Crippen LogP contribution < -0.4 is 5.32 Å². The van der Waals surface area contributed by atoms with Gasteiger partial charge in [0.25, 0.3) is 5.91 Å². The lowest BCUT2D eigenvalue weighted by atomic mass is 10.0. The van der Waals surface area contributed by atoms with Crippen molar-refractivity contribution in [2.75, 3.05) is 6.54 Å². The minimum atomic E-state index is -1.02. The van der Waals surface area contributed by atoms with E-state index in [2.05, 4.69) is 21.2 Å². The van der Waals surface area contributed by atoms with Gasteiger partial charge in [-0.1, -0.05) is 41.9 Å². The molecule has 2 amide bonds. The van der Waals surface area contributed by atoms with E-state index < -0.39 is 11.6 Å². The number of hydrogen-bond acceptors (Lipinski definition) is 3. The van der Waals surface area contributed by atoms with Crippen molar-refractivity contribution in [2.24, 2.45) is 0 Å². The van der Waals surface area contributed by atoms with Gasteiger partial charge in [-0.15, -0.1) is 11.3 Å². The highest BCUT2D eigenvalue weighted by Gasteiger charge is 2.30. The molecule has 0 aliphatic rings. The van der Waals surface area contributed by atoms with Gasteiger partial charge in [0.05, 0.1) is 10.9 Å². The van der Waals surface area contributed by atoms with Gasteiger partial charge in [0.1, 0.15) is 4.34 Å². The number of carbonyl (C=O) groups is 2. The van der Waals surface area contributed by atoms with Crippen molar-refractivity contribution < 1.29 is 14.7 Å². The Balaban J connectivity index is 2.23. The molecule has 1 aromatic carbocycles. The molecule has 0 spiro atoms. The Morgan fingerprint density at radius 1 is 1.30 bits per heavy atom. The molecular formula is C19H22BrClN2O3S. The van der Waals surface area contributed by atoms with Gasteiger partial charge >= 0.3 is 6.09 Å². The number of carbonyl (C=O) groups excluding carboxylic acids is 1. The van der Waals surface area contributed by atoms with Crippen LogP contribution in [0.4, 0.5) is 4.79 Å². The second-order valence-electron chi connectivity index (χ2n) is 7.16. The van der Waals surface area contributed by atoms with E-state index in [0.29, 0.717) is 20.1 Å². The van der Waals surface area contributed by atoms with Crippen LogP contribution in [0, 0.1) is 0 Å². The molecule has 0 fully saturated rings. The lowest BCUT2D eigenvalue weighted by molar-refractivity contribution is 0.0824. The Morgan fingerprint density at radius 3 is 2.41 bits per heavy atom. The summed E-state index contributed by atoms with van der Waals surface area (Å²) in [7, 11) is 0. The SMILES string of the molecule is CC(C)(C)N(CC(Cc1ccccc1)NC(=O)c1cc(Br)c(Cl)s1)C(=O)O. The quantitative estimate of drug-likeness (QED) is 0.599. The number of benzene rings is 1. The first-order valence-electron chi connectivity index (χ1n) is 8.38. The maximum absolute atomic E-state index is 12.7. The summed E-state index contributed by atoms with van der Waals surface area (Å²) in [5.41, 5.74) is 0.438. The Kier molecular flexibility index (Phi) is 7.31. The molecular weight excluding hydrogens is 452 g/mol. The van der Waals surface area contributed by atoms with E-state index >= 15 is 0 Å². The number of carboxylic acid groups (broad SMARTS) is 1. The molecule has 0 aliphatic heterocycles. The molecule has 0 aliphatic carbocycles. The molecule has 2 rings (SSSR count). The second kappa shape index (κ2) is 9.08. The summed E-state index contributed by atoms with van der Waals surface area (Å²) >= 11 is 10.5. The van der Waals surface area contributed by atoms with Gasteiger partial charge in [-0.2, -0.15) is 0 Å². The third-order valence-electron chi connectivity index (χ3n) is 3.97. The Labute approximate surface area is 176 Å². The largest absolute Gasteiger partial charge is 0.465 e. The molecule has 0 saturated heterocycles. The van der Waals surface area contributed by atoms with Crippen molar-refractivity contribution in [3.8, 4) is 0 Å². The van der Waals surface area contributed by atoms with Crippen LogP contribution >= 0.6 is 38.9 Å². The third kappa shape index (κ3) is 6.23. The van der Waals surface area contributed by atoms with Crippen LogP contribution in [0.3, 0.4) is 0 Å². The molecule has 1 atom stereocenters. The van der Waals surface area contributed by atoms with E-state index in [9.17, 15) is 14.7 Å². The van der Waals surface area contributed by atoms with E-state index in [1.54, 1.807) is 6.07 Å². The van der Waals surface area contributed by atoms with Crippen molar-refractivity contribution >= 4 is 50.9 Å². The molecule has 2 aromatic rings. The van der Waals surface area contributed by atoms with Crippen molar-refractivity contribution in [1.29, 1.82) is 0 Å². The highest BCUT2D eigenvalue weighted by Crippen LogP contribution is 2.32. The van der Waals surface area contributed by atoms with Crippen molar-refractivity contribution in [3.63, 3.8) is 0 Å². The van der Waals surface area contributed by atoms with E-state index in [4.69, 9.17) is 11.6 Å². The summed E-state index contributed by atoms with van der Waals surface area (Å²) in [6.45, 7) is 5.68. The highest BCUT2D eigenvalue weighted by molar-refractivity contribution is 9.10. The highest BCUT2D eigenvalue weighted by atomic mass is 79.9. The number of nitrogens with one attached hydrogen (secondary N) is 1. The molecule has 1 heterocycles. The molecule has 5 nitrogen and oxygen atoms in total. The molecule has 0 saturated carbocycles. The summed E-state index contributed by atoms with van der Waals surface area (Å²) < 4.78 is 1.17. The number of halogens is 2. The first-order valence-corrected chi connectivity index (χ1v) is 10.4. The minimum absolute atomic E-state index is 0.180. The third-order valence-corrected chi connectivity index (χ3v) is 6.45. The van der Waals surface area contributed by atoms with Crippen LogP contribution in [0.25, 0.3) is 0 Å². The molecule has 1 unspecified atom stereocenters. The van der Waals surface area contributed by atoms with Gasteiger partial charge in [-0.3, -0.25) is 4.79 Å². The fourth-order valence-electron chi connectivity index (χ4n) is 2.63. The first-order chi connectivity index (χ1) is 12.6. The summed E-state index contributed by atoms with van der Waals surface area (Å²) in [4.78, 5) is 26.2. The molecule has 146 valence electrons. The smallest absolute Gasteiger partial charge is 0.407 e. The normalized spacial score (nSPS) is 12.5. The molecule has 0 radical (unpaired) electrons. The van der Waals surface area contributed by atoms with E-state index in [-0.39, 0.29) is 18.5 Å². The zero-order valence-corrected chi connectivity index (χ0v) is 18.5. The van der Waals surface area contributed by atoms with Gasteiger partial charge in [0.15, 0.2) is 0 Å². The summed E-state index contributed by atoms with van der Waals surface area (Å²) in [6, 6.07) is 11.0. The van der Waals surface area contributed by atoms with Gasteiger partial charge in [0, 0.05) is 16.6 Å². The standard InChI is InChI=1S/C19H22BrClN2O3S/c1-19(2,3)23(18(25)26)11-13(9-12-7-5-4-6-8-12)22-17(24)15-10-14(20)16(21)27-15/h4-8,10,13H,9,11H2,1-3H3,(H,22,24)(H,25,26). The second-order valence-corrected chi connectivity index (χ2v) is 9.67. The number of rotatable bonds is 6. The lowest BCUT2D eigenvalue weighted by Crippen LogP contribution is -2.53. The predicted octanol–water partition coefficient (Wildman–Crippen LogP) is 5.28. The zero-order valence-electron chi connectivity index (χ0n) is 15.3. The molecule has 2 N–H and O–H groups in total. The monoisotopic (exact) mass is 472 g/mol. The average Bonchev–Trinajstić information content (AvgIpc) is 2.91. The molecule has 8 heteroatoms. The van der Waals surface area contributed by atoms with Gasteiger partial charge in [-0.25, -0.2) is 4.79 Å². The molecule has 27 heavy (non-hydrogen) atoms. The van der Waals surface area contributed by atoms with Crippen LogP contribution in [-0.4, -0.2) is 40.1 Å². The van der Waals surface area contributed by atoms with Crippen LogP contribution in [-0.2, 0) is 6.42 Å². The minimum Gasteiger partial charge on any atom is -0.465 e. The Bertz CT molecular complexity index is 786. The lowest BCUT2D eigenvalue weighted by Gasteiger charge is -2.36. The van der Waals surface area contributed by atoms with E-state index in [1.165, 1.54) is 16.2 Å². The van der Waals surface area contributed by atoms with Crippen molar-refractivity contribution in [1.82, 2.24) is 10.2 Å². The first kappa shape index (κ1) is 21.7. The van der Waals surface area contributed by atoms with Crippen LogP contribution in [0.5, 0.6) is 0 Å². The zero-order chi connectivity index (χ0) is 20.2. The fraction of sp³-hybridized carbons (Fsp3) is 0.368. The number of nitrogens with zero attached hydrogens (tertiary/aromatic N) is 1. The van der Waals surface area contributed by atoms with Gasteiger partial charge in [-0.05, 0) is 54.8 Å². The van der Waals surface area contributed by atoms with Crippen molar-refractivity contribution in [3.05, 3.63) is 55.6 Å². The summed E-state index contributed by atoms with van der Waals surface area (Å²) in [5, 5.41) is 12.6. The van der Waals surface area contributed by atoms with Crippen LogP contribution in [0.1, 0.15) is 36.0 Å². The van der Waals surface area contributed by atoms with Gasteiger partial charge in [0.2, 0.25) is 0 Å². The van der Waals surface area contributed by atoms with E-state index in [0.717, 1.165) is 5.56 Å². The maximum Gasteiger partial charge on any atom is 0.407 e. The van der Waals surface area contributed by atoms with Crippen LogP contribution in [0.15, 0.2) is 40.9 Å². The van der Waals surface area contributed by atoms with Gasteiger partial charge < -0.3 is 15.3 Å². The summed E-state index contributed by atoms with van der Waals surface area (Å²) in [6.07, 6.45) is -0.496. The van der Waals surface area contributed by atoms with Crippen molar-refractivity contribution in [2.45, 2.75) is 38.8 Å².